The van der Waals surface area contributed by atoms with Gasteiger partial charge in [-0.25, -0.2) is 0 Å². The molecule has 4 rings (SSSR count). The Hall–Kier alpha value is -1.89. The van der Waals surface area contributed by atoms with E-state index in [4.69, 9.17) is 16.3 Å². The van der Waals surface area contributed by atoms with E-state index in [9.17, 15) is 9.59 Å². The van der Waals surface area contributed by atoms with Crippen LogP contribution in [0.2, 0.25) is 5.02 Å². The zero-order valence-electron chi connectivity index (χ0n) is 17.6. The number of carbonyl (C=O) groups is 2. The number of morpholine rings is 1. The molecule has 0 aliphatic carbocycles. The van der Waals surface area contributed by atoms with Crippen LogP contribution in [0.4, 0.5) is 0 Å². The second kappa shape index (κ2) is 9.50. The van der Waals surface area contributed by atoms with Crippen molar-refractivity contribution < 1.29 is 14.3 Å². The van der Waals surface area contributed by atoms with Gasteiger partial charge in [-0.3, -0.25) is 19.4 Å². The van der Waals surface area contributed by atoms with Crippen molar-refractivity contribution in [2.45, 2.75) is 26.2 Å². The normalized spacial score (nSPS) is 23.6. The van der Waals surface area contributed by atoms with Gasteiger partial charge < -0.3 is 9.64 Å². The van der Waals surface area contributed by atoms with Crippen molar-refractivity contribution in [3.8, 4) is 0 Å². The summed E-state index contributed by atoms with van der Waals surface area (Å²) in [5, 5.41) is 0.617. The van der Waals surface area contributed by atoms with Crippen LogP contribution in [0, 0.1) is 5.92 Å². The van der Waals surface area contributed by atoms with Crippen molar-refractivity contribution in [2.24, 2.45) is 5.92 Å². The molecule has 0 spiro atoms. The van der Waals surface area contributed by atoms with E-state index in [0.29, 0.717) is 28.8 Å². The second-order valence-electron chi connectivity index (χ2n) is 8.49. The Morgan fingerprint density at radius 2 is 1.77 bits per heavy atom. The summed E-state index contributed by atoms with van der Waals surface area (Å²) in [7, 11) is 0. The number of halogens is 1. The van der Waals surface area contributed by atoms with Crippen LogP contribution in [0.15, 0.2) is 30.0 Å². The zero-order chi connectivity index (χ0) is 21.1. The van der Waals surface area contributed by atoms with Crippen LogP contribution in [0.5, 0.6) is 0 Å². The molecular formula is C23H30ClN3O3. The first-order valence-corrected chi connectivity index (χ1v) is 11.3. The van der Waals surface area contributed by atoms with Gasteiger partial charge >= 0.3 is 0 Å². The van der Waals surface area contributed by atoms with Crippen LogP contribution in [0.3, 0.4) is 0 Å². The summed E-state index contributed by atoms with van der Waals surface area (Å²) in [4.78, 5) is 32.7. The SMILES string of the molecule is CC1CCCN(C2=C(c3ccc(Cl)cc3)C(=O)N(CCCN3CCOCC3)C2=O)C1. The van der Waals surface area contributed by atoms with Gasteiger partial charge in [0.15, 0.2) is 0 Å². The van der Waals surface area contributed by atoms with Crippen molar-refractivity contribution in [1.29, 1.82) is 0 Å². The lowest BCUT2D eigenvalue weighted by Gasteiger charge is -2.33. The zero-order valence-corrected chi connectivity index (χ0v) is 18.4. The predicted octanol–water partition coefficient (Wildman–Crippen LogP) is 2.87. The standard InChI is InChI=1S/C23H30ClN3O3/c1-17-4-2-10-26(16-17)21-20(18-5-7-19(24)8-6-18)22(28)27(23(21)29)11-3-9-25-12-14-30-15-13-25/h5-8,17H,2-4,9-16H2,1H3. The van der Waals surface area contributed by atoms with Crippen LogP contribution in [-0.4, -0.2) is 79.0 Å². The third-order valence-electron chi connectivity index (χ3n) is 6.21. The third-order valence-corrected chi connectivity index (χ3v) is 6.46. The fourth-order valence-electron chi connectivity index (χ4n) is 4.61. The number of nitrogens with zero attached hydrogens (tertiary/aromatic N) is 3. The molecule has 2 fully saturated rings. The van der Waals surface area contributed by atoms with Gasteiger partial charge in [0.2, 0.25) is 0 Å². The first-order valence-electron chi connectivity index (χ1n) is 11.0. The van der Waals surface area contributed by atoms with Crippen LogP contribution in [-0.2, 0) is 14.3 Å². The van der Waals surface area contributed by atoms with Gasteiger partial charge in [-0.05, 0) is 42.9 Å². The highest BCUT2D eigenvalue weighted by Crippen LogP contribution is 2.34. The molecule has 2 saturated heterocycles. The molecule has 1 atom stereocenters. The van der Waals surface area contributed by atoms with Gasteiger partial charge in [-0.2, -0.15) is 0 Å². The maximum Gasteiger partial charge on any atom is 0.277 e. The van der Waals surface area contributed by atoms with E-state index < -0.39 is 0 Å². The molecule has 0 N–H and O–H groups in total. The van der Waals surface area contributed by atoms with E-state index >= 15 is 0 Å². The Labute approximate surface area is 183 Å². The molecular weight excluding hydrogens is 402 g/mol. The monoisotopic (exact) mass is 431 g/mol. The molecule has 1 unspecified atom stereocenters. The smallest absolute Gasteiger partial charge is 0.277 e. The Morgan fingerprint density at radius 3 is 2.47 bits per heavy atom. The topological polar surface area (TPSA) is 53.1 Å². The molecule has 3 aliphatic heterocycles. The van der Waals surface area contributed by atoms with Gasteiger partial charge in [0.25, 0.3) is 11.8 Å². The van der Waals surface area contributed by atoms with Crippen molar-refractivity contribution >= 4 is 29.0 Å². The Balaban J connectivity index is 1.54. The minimum Gasteiger partial charge on any atom is -0.379 e. The summed E-state index contributed by atoms with van der Waals surface area (Å²) in [6.07, 6.45) is 2.97. The van der Waals surface area contributed by atoms with E-state index in [-0.39, 0.29) is 11.8 Å². The summed E-state index contributed by atoms with van der Waals surface area (Å²) >= 11 is 6.06. The number of rotatable bonds is 6. The van der Waals surface area contributed by atoms with Crippen LogP contribution < -0.4 is 0 Å². The number of amides is 2. The number of imide groups is 1. The van der Waals surface area contributed by atoms with Gasteiger partial charge in [-0.15, -0.1) is 0 Å². The number of likely N-dealkylation sites (tertiary alicyclic amines) is 1. The number of piperidine rings is 1. The van der Waals surface area contributed by atoms with Gasteiger partial charge in [0.1, 0.15) is 5.70 Å². The maximum absolute atomic E-state index is 13.4. The molecule has 162 valence electrons. The van der Waals surface area contributed by atoms with E-state index in [1.165, 1.54) is 4.90 Å². The van der Waals surface area contributed by atoms with E-state index in [0.717, 1.165) is 70.8 Å². The number of ether oxygens (including phenoxy) is 1. The van der Waals surface area contributed by atoms with Crippen LogP contribution >= 0.6 is 11.6 Å². The summed E-state index contributed by atoms with van der Waals surface area (Å²) in [5.74, 6) is 0.176. The highest BCUT2D eigenvalue weighted by Gasteiger charge is 2.41. The van der Waals surface area contributed by atoms with Crippen molar-refractivity contribution in [2.75, 3.05) is 52.5 Å². The fourth-order valence-corrected chi connectivity index (χ4v) is 4.73. The largest absolute Gasteiger partial charge is 0.379 e. The molecule has 0 radical (unpaired) electrons. The molecule has 0 aromatic heterocycles. The van der Waals surface area contributed by atoms with Crippen molar-refractivity contribution in [3.05, 3.63) is 40.5 Å². The van der Waals surface area contributed by atoms with E-state index in [1.807, 2.05) is 12.1 Å². The third kappa shape index (κ3) is 4.56. The average molecular weight is 432 g/mol. The van der Waals surface area contributed by atoms with Gasteiger partial charge in [-0.1, -0.05) is 30.7 Å². The fraction of sp³-hybridized carbons (Fsp3) is 0.565. The molecule has 7 heteroatoms. The minimum absolute atomic E-state index is 0.152. The number of benzene rings is 1. The predicted molar refractivity (Wildman–Crippen MR) is 117 cm³/mol. The average Bonchev–Trinajstić information content (AvgIpc) is 3.00. The summed E-state index contributed by atoms with van der Waals surface area (Å²) in [5.41, 5.74) is 1.86. The summed E-state index contributed by atoms with van der Waals surface area (Å²) in [6.45, 7) is 8.47. The molecule has 1 aromatic carbocycles. The highest BCUT2D eigenvalue weighted by molar-refractivity contribution is 6.36. The minimum atomic E-state index is -0.183. The van der Waals surface area contributed by atoms with Crippen LogP contribution in [0.25, 0.3) is 5.57 Å². The molecule has 0 bridgehead atoms. The van der Waals surface area contributed by atoms with Gasteiger partial charge in [0.05, 0.1) is 18.8 Å². The van der Waals surface area contributed by atoms with Crippen molar-refractivity contribution in [3.63, 3.8) is 0 Å². The lowest BCUT2D eigenvalue weighted by atomic mass is 9.98. The lowest BCUT2D eigenvalue weighted by Crippen LogP contribution is -2.41. The Bertz CT molecular complexity index is 817. The second-order valence-corrected chi connectivity index (χ2v) is 8.93. The Morgan fingerprint density at radius 1 is 1.03 bits per heavy atom. The molecule has 6 nitrogen and oxygen atoms in total. The molecule has 2 amide bonds. The molecule has 0 saturated carbocycles. The summed E-state index contributed by atoms with van der Waals surface area (Å²) in [6, 6.07) is 7.24. The first kappa shape index (κ1) is 21.3. The Kier molecular flexibility index (Phi) is 6.76. The molecule has 3 aliphatic rings. The van der Waals surface area contributed by atoms with E-state index in [1.54, 1.807) is 12.1 Å². The molecule has 30 heavy (non-hydrogen) atoms. The van der Waals surface area contributed by atoms with E-state index in [2.05, 4.69) is 16.7 Å². The van der Waals surface area contributed by atoms with Crippen molar-refractivity contribution in [1.82, 2.24) is 14.7 Å². The summed E-state index contributed by atoms with van der Waals surface area (Å²) < 4.78 is 5.39. The maximum atomic E-state index is 13.4. The van der Waals surface area contributed by atoms with Gasteiger partial charge in [0, 0.05) is 44.3 Å². The quantitative estimate of drug-likeness (QED) is 0.648. The lowest BCUT2D eigenvalue weighted by molar-refractivity contribution is -0.137. The highest BCUT2D eigenvalue weighted by atomic mass is 35.5. The van der Waals surface area contributed by atoms with Crippen LogP contribution in [0.1, 0.15) is 31.7 Å². The number of hydrogen-bond acceptors (Lipinski definition) is 5. The number of carbonyl (C=O) groups excluding carboxylic acids is 2. The number of hydrogen-bond donors (Lipinski definition) is 0. The molecule has 1 aromatic rings. The first-order chi connectivity index (χ1) is 14.5. The molecule has 3 heterocycles.